The van der Waals surface area contributed by atoms with Gasteiger partial charge in [-0.25, -0.2) is 4.99 Å². The second-order valence-corrected chi connectivity index (χ2v) is 5.47. The number of ether oxygens (including phenoxy) is 1. The van der Waals surface area contributed by atoms with Gasteiger partial charge >= 0.3 is 5.92 Å². The van der Waals surface area contributed by atoms with E-state index in [-0.39, 0.29) is 5.84 Å². The van der Waals surface area contributed by atoms with Crippen LogP contribution in [-0.2, 0) is 4.74 Å². The van der Waals surface area contributed by atoms with Crippen LogP contribution in [0, 0.1) is 0 Å². The first-order valence-electron chi connectivity index (χ1n) is 6.46. The fourth-order valence-electron chi connectivity index (χ4n) is 2.79. The van der Waals surface area contributed by atoms with Gasteiger partial charge in [0.15, 0.2) is 6.10 Å². The summed E-state index contributed by atoms with van der Waals surface area (Å²) >= 11 is 0. The molecule has 3 rings (SSSR count). The van der Waals surface area contributed by atoms with Crippen molar-refractivity contribution >= 4 is 11.7 Å². The second-order valence-electron chi connectivity index (χ2n) is 5.47. The predicted octanol–water partition coefficient (Wildman–Crippen LogP) is -1.36. The summed E-state index contributed by atoms with van der Waals surface area (Å²) in [4.78, 5) is 6.50. The van der Waals surface area contributed by atoms with E-state index in [0.717, 1.165) is 0 Å². The first kappa shape index (κ1) is 14.3. The summed E-state index contributed by atoms with van der Waals surface area (Å²) in [5, 5.41) is 31.9. The van der Waals surface area contributed by atoms with E-state index in [1.54, 1.807) is 12.3 Å². The molecule has 1 unspecified atom stereocenters. The number of aliphatic imine (C=N–C) groups is 1. The minimum Gasteiger partial charge on any atom is -0.394 e. The number of nitrogens with zero attached hydrogens (tertiary/aromatic N) is 1. The first-order chi connectivity index (χ1) is 9.79. The standard InChI is InChI=1S/C12H17FN4O4/c1-11(20)7(19)6(4-18)21-10(11)12(13)16-8(14)5-2-3-15-9(5)17-12/h2-3,6-7,10,15,17-20H,4H2,1H3,(H2,14,16)/t6-,7-,10-,11-,12?/m1/s1. The Morgan fingerprint density at radius 3 is 2.90 bits per heavy atom. The quantitative estimate of drug-likeness (QED) is 0.373. The number of rotatable bonds is 2. The van der Waals surface area contributed by atoms with Crippen molar-refractivity contribution in [2.45, 2.75) is 36.8 Å². The fourth-order valence-corrected chi connectivity index (χ4v) is 2.79. The van der Waals surface area contributed by atoms with E-state index in [1.165, 1.54) is 6.92 Å². The monoisotopic (exact) mass is 300 g/mol. The third-order valence-corrected chi connectivity index (χ3v) is 3.93. The van der Waals surface area contributed by atoms with Crippen molar-refractivity contribution in [3.05, 3.63) is 17.8 Å². The molecule has 1 aromatic heterocycles. The van der Waals surface area contributed by atoms with Crippen molar-refractivity contribution in [2.75, 3.05) is 11.9 Å². The summed E-state index contributed by atoms with van der Waals surface area (Å²) in [6.45, 7) is 0.660. The highest BCUT2D eigenvalue weighted by atomic mass is 19.1. The van der Waals surface area contributed by atoms with Crippen LogP contribution in [-0.4, -0.2) is 62.6 Å². The summed E-state index contributed by atoms with van der Waals surface area (Å²) in [6.07, 6.45) is -2.55. The zero-order valence-corrected chi connectivity index (χ0v) is 11.2. The zero-order chi connectivity index (χ0) is 15.4. The molecule has 21 heavy (non-hydrogen) atoms. The minimum absolute atomic E-state index is 0.0613. The summed E-state index contributed by atoms with van der Waals surface area (Å²) < 4.78 is 20.4. The molecule has 0 spiro atoms. The SMILES string of the molecule is C[C@@]1(O)[C@H](O)[C@@H](CO)O[C@H]1C1(F)N=C(N)c2cc[nH]c2N1. The molecule has 0 aliphatic carbocycles. The van der Waals surface area contributed by atoms with Crippen LogP contribution in [0.15, 0.2) is 17.3 Å². The van der Waals surface area contributed by atoms with Gasteiger partial charge in [-0.3, -0.25) is 0 Å². The van der Waals surface area contributed by atoms with Crippen molar-refractivity contribution < 1.29 is 24.4 Å². The molecule has 3 heterocycles. The van der Waals surface area contributed by atoms with Crippen molar-refractivity contribution in [1.29, 1.82) is 0 Å². The van der Waals surface area contributed by atoms with Crippen LogP contribution < -0.4 is 11.1 Å². The summed E-state index contributed by atoms with van der Waals surface area (Å²) in [7, 11) is 0. The summed E-state index contributed by atoms with van der Waals surface area (Å²) in [5.74, 6) is -2.34. The molecule has 1 saturated heterocycles. The average Bonchev–Trinajstić information content (AvgIpc) is 2.94. The number of fused-ring (bicyclic) bond motifs is 1. The number of aliphatic hydroxyl groups excluding tert-OH is 2. The number of alkyl halides is 1. The molecule has 1 aromatic rings. The van der Waals surface area contributed by atoms with Crippen molar-refractivity contribution in [3.8, 4) is 0 Å². The number of halogens is 1. The molecule has 0 radical (unpaired) electrons. The molecule has 2 aliphatic rings. The number of nitrogens with two attached hydrogens (primary N) is 1. The summed E-state index contributed by atoms with van der Waals surface area (Å²) in [6, 6.07) is 1.62. The third-order valence-electron chi connectivity index (χ3n) is 3.93. The lowest BCUT2D eigenvalue weighted by Gasteiger charge is -2.37. The van der Waals surface area contributed by atoms with Crippen molar-refractivity contribution in [1.82, 2.24) is 4.98 Å². The maximum absolute atomic E-state index is 15.2. The number of amidine groups is 1. The third kappa shape index (κ3) is 1.93. The topological polar surface area (TPSA) is 136 Å². The van der Waals surface area contributed by atoms with Crippen LogP contribution in [0.25, 0.3) is 0 Å². The highest BCUT2D eigenvalue weighted by molar-refractivity contribution is 6.03. The highest BCUT2D eigenvalue weighted by Crippen LogP contribution is 2.41. The van der Waals surface area contributed by atoms with Crippen LogP contribution in [0.4, 0.5) is 10.2 Å². The predicted molar refractivity (Wildman–Crippen MR) is 71.4 cm³/mol. The Hall–Kier alpha value is -1.68. The Bertz CT molecular complexity index is 590. The number of nitrogens with one attached hydrogen (secondary N) is 2. The van der Waals surface area contributed by atoms with Crippen molar-refractivity contribution in [2.24, 2.45) is 10.7 Å². The first-order valence-corrected chi connectivity index (χ1v) is 6.46. The lowest BCUT2D eigenvalue weighted by Crippen LogP contribution is -2.58. The van der Waals surface area contributed by atoms with Gasteiger partial charge in [0.25, 0.3) is 0 Å². The molecule has 0 saturated carbocycles. The molecule has 7 N–H and O–H groups in total. The number of hydrogen-bond donors (Lipinski definition) is 6. The van der Waals surface area contributed by atoms with Gasteiger partial charge in [-0.1, -0.05) is 0 Å². The van der Waals surface area contributed by atoms with Gasteiger partial charge in [-0.2, -0.15) is 4.39 Å². The lowest BCUT2D eigenvalue weighted by atomic mass is 9.90. The van der Waals surface area contributed by atoms with Crippen LogP contribution in [0.5, 0.6) is 0 Å². The molecule has 0 bridgehead atoms. The van der Waals surface area contributed by atoms with Gasteiger partial charge in [-0.15, -0.1) is 0 Å². The van der Waals surface area contributed by atoms with Crippen LogP contribution in [0.3, 0.4) is 0 Å². The lowest BCUT2D eigenvalue weighted by molar-refractivity contribution is -0.118. The number of anilines is 1. The van der Waals surface area contributed by atoms with E-state index in [4.69, 9.17) is 15.6 Å². The van der Waals surface area contributed by atoms with E-state index in [1.807, 2.05) is 0 Å². The number of aromatic nitrogens is 1. The van der Waals surface area contributed by atoms with E-state index >= 15 is 4.39 Å². The Morgan fingerprint density at radius 2 is 2.29 bits per heavy atom. The molecule has 5 atom stereocenters. The molecule has 8 nitrogen and oxygen atoms in total. The van der Waals surface area contributed by atoms with Gasteiger partial charge in [-0.05, 0) is 13.0 Å². The van der Waals surface area contributed by atoms with Crippen LogP contribution in [0.1, 0.15) is 12.5 Å². The molecule has 116 valence electrons. The number of aliphatic hydroxyl groups is 3. The Labute approximate surface area is 119 Å². The van der Waals surface area contributed by atoms with Gasteiger partial charge in [0.1, 0.15) is 29.5 Å². The molecular weight excluding hydrogens is 283 g/mol. The number of aromatic amines is 1. The van der Waals surface area contributed by atoms with E-state index in [9.17, 15) is 10.2 Å². The molecule has 9 heteroatoms. The summed E-state index contributed by atoms with van der Waals surface area (Å²) in [5.41, 5.74) is 4.27. The van der Waals surface area contributed by atoms with Gasteiger partial charge < -0.3 is 36.1 Å². The van der Waals surface area contributed by atoms with Crippen LogP contribution >= 0.6 is 0 Å². The number of hydrogen-bond acceptors (Lipinski definition) is 7. The molecule has 2 aliphatic heterocycles. The molecule has 1 fully saturated rings. The maximum atomic E-state index is 15.2. The zero-order valence-electron chi connectivity index (χ0n) is 11.2. The highest BCUT2D eigenvalue weighted by Gasteiger charge is 2.62. The van der Waals surface area contributed by atoms with Gasteiger partial charge in [0.05, 0.1) is 12.2 Å². The molecule has 0 amide bonds. The Balaban J connectivity index is 1.99. The van der Waals surface area contributed by atoms with E-state index < -0.39 is 36.4 Å². The van der Waals surface area contributed by atoms with Crippen molar-refractivity contribution in [3.63, 3.8) is 0 Å². The fraction of sp³-hybridized carbons (Fsp3) is 0.583. The maximum Gasteiger partial charge on any atom is 0.307 e. The van der Waals surface area contributed by atoms with Crippen LogP contribution in [0.2, 0.25) is 0 Å². The van der Waals surface area contributed by atoms with E-state index in [2.05, 4.69) is 15.3 Å². The number of H-pyrrole nitrogens is 1. The van der Waals surface area contributed by atoms with Gasteiger partial charge in [0.2, 0.25) is 0 Å². The largest absolute Gasteiger partial charge is 0.394 e. The Morgan fingerprint density at radius 1 is 1.57 bits per heavy atom. The average molecular weight is 300 g/mol. The van der Waals surface area contributed by atoms with Gasteiger partial charge in [0, 0.05) is 6.20 Å². The normalized spacial score (nSPS) is 42.3. The Kier molecular flexibility index (Phi) is 2.99. The molecule has 0 aromatic carbocycles. The van der Waals surface area contributed by atoms with E-state index in [0.29, 0.717) is 11.4 Å². The second kappa shape index (κ2) is 4.41. The minimum atomic E-state index is -2.57. The molecular formula is C12H17FN4O4. The smallest absolute Gasteiger partial charge is 0.307 e.